The van der Waals surface area contributed by atoms with Crippen LogP contribution in [0.5, 0.6) is 0 Å². The molecule has 0 aromatic heterocycles. The third-order valence-corrected chi connectivity index (χ3v) is 3.81. The Bertz CT molecular complexity index is 646. The van der Waals surface area contributed by atoms with Gasteiger partial charge in [-0.3, -0.25) is 14.8 Å². The number of aliphatic carboxylic acids is 1. The van der Waals surface area contributed by atoms with Gasteiger partial charge in [0, 0.05) is 29.3 Å². The fraction of sp³-hybridized carbons (Fsp3) is 0.350. The summed E-state index contributed by atoms with van der Waals surface area (Å²) >= 11 is 5.82. The summed E-state index contributed by atoms with van der Waals surface area (Å²) in [5, 5.41) is 9.53. The maximum Gasteiger partial charge on any atom is 0.306 e. The van der Waals surface area contributed by atoms with Crippen molar-refractivity contribution in [3.8, 4) is 0 Å². The smallest absolute Gasteiger partial charge is 0.306 e. The van der Waals surface area contributed by atoms with E-state index < -0.39 is 5.97 Å². The van der Waals surface area contributed by atoms with E-state index in [0.29, 0.717) is 11.4 Å². The van der Waals surface area contributed by atoms with Crippen LogP contribution in [-0.2, 0) is 4.79 Å². The molecule has 5 heteroatoms. The first kappa shape index (κ1) is 20.8. The molecular formula is C20H25ClN2O2. The molecule has 1 N–H and O–H groups in total. The van der Waals surface area contributed by atoms with E-state index >= 15 is 0 Å². The Balaban J connectivity index is 2.23. The highest BCUT2D eigenvalue weighted by Crippen LogP contribution is 2.09. The van der Waals surface area contributed by atoms with Gasteiger partial charge in [0.05, 0.1) is 5.92 Å². The molecule has 0 aliphatic heterocycles. The molecule has 0 radical (unpaired) electrons. The number of allylic oxidation sites excluding steroid dienone is 2. The van der Waals surface area contributed by atoms with Crippen LogP contribution >= 0.6 is 11.6 Å². The lowest BCUT2D eigenvalue weighted by molar-refractivity contribution is -0.141. The average Bonchev–Trinajstić information content (AvgIpc) is 2.58. The molecule has 4 nitrogen and oxygen atoms in total. The second-order valence-electron chi connectivity index (χ2n) is 5.83. The lowest BCUT2D eigenvalue weighted by Crippen LogP contribution is -2.09. The molecule has 0 saturated heterocycles. The zero-order valence-electron chi connectivity index (χ0n) is 14.7. The molecule has 1 aromatic rings. The largest absolute Gasteiger partial charge is 0.481 e. The van der Waals surface area contributed by atoms with Crippen LogP contribution < -0.4 is 0 Å². The van der Waals surface area contributed by atoms with Gasteiger partial charge in [0.2, 0.25) is 0 Å². The standard InChI is InChI=1S/C20H25ClN2O2/c1-16(20(24)25)7-6-8-17(2)23-14-5-3-4-13-22-15-18-9-11-19(21)12-10-18/h4-5,9-16H,3,6-8H2,1-2H3,(H,24,25)/b13-4+,14-5+,22-15+,23-17+. The van der Waals surface area contributed by atoms with Crippen molar-refractivity contribution in [1.82, 2.24) is 0 Å². The second kappa shape index (κ2) is 12.2. The summed E-state index contributed by atoms with van der Waals surface area (Å²) < 4.78 is 0. The van der Waals surface area contributed by atoms with E-state index in [9.17, 15) is 4.79 Å². The number of nitrogens with zero attached hydrogens (tertiary/aromatic N) is 2. The van der Waals surface area contributed by atoms with Gasteiger partial charge in [-0.1, -0.05) is 42.8 Å². The Morgan fingerprint density at radius 2 is 1.92 bits per heavy atom. The summed E-state index contributed by atoms with van der Waals surface area (Å²) in [6, 6.07) is 7.48. The molecular weight excluding hydrogens is 336 g/mol. The van der Waals surface area contributed by atoms with E-state index in [1.807, 2.05) is 43.3 Å². The number of hydrogen-bond donors (Lipinski definition) is 1. The van der Waals surface area contributed by atoms with Crippen LogP contribution in [0.15, 0.2) is 58.8 Å². The van der Waals surface area contributed by atoms with Crippen molar-refractivity contribution in [2.75, 3.05) is 0 Å². The third kappa shape index (κ3) is 10.3. The van der Waals surface area contributed by atoms with Crippen LogP contribution in [-0.4, -0.2) is 23.0 Å². The Kier molecular flexibility index (Phi) is 10.2. The summed E-state index contributed by atoms with van der Waals surface area (Å²) in [5.74, 6) is -1.03. The highest BCUT2D eigenvalue weighted by molar-refractivity contribution is 6.30. The lowest BCUT2D eigenvalue weighted by atomic mass is 10.0. The Morgan fingerprint density at radius 1 is 1.24 bits per heavy atom. The fourth-order valence-electron chi connectivity index (χ4n) is 1.97. The van der Waals surface area contributed by atoms with Crippen molar-refractivity contribution in [2.24, 2.45) is 15.9 Å². The van der Waals surface area contributed by atoms with E-state index in [2.05, 4.69) is 9.98 Å². The number of carboxylic acid groups (broad SMARTS) is 1. The number of rotatable bonds is 10. The van der Waals surface area contributed by atoms with Gasteiger partial charge < -0.3 is 5.11 Å². The van der Waals surface area contributed by atoms with Crippen molar-refractivity contribution in [2.45, 2.75) is 39.5 Å². The monoisotopic (exact) mass is 360 g/mol. The molecule has 0 aliphatic carbocycles. The molecule has 0 bridgehead atoms. The molecule has 0 aliphatic rings. The molecule has 1 atom stereocenters. The molecule has 0 saturated carbocycles. The molecule has 0 amide bonds. The Hall–Kier alpha value is -2.20. The summed E-state index contributed by atoms with van der Waals surface area (Å²) in [7, 11) is 0. The first-order valence-electron chi connectivity index (χ1n) is 8.34. The quantitative estimate of drug-likeness (QED) is 0.557. The van der Waals surface area contributed by atoms with Gasteiger partial charge >= 0.3 is 5.97 Å². The minimum absolute atomic E-state index is 0.290. The summed E-state index contributed by atoms with van der Waals surface area (Å²) in [5.41, 5.74) is 2.01. The van der Waals surface area contributed by atoms with Crippen LogP contribution in [0, 0.1) is 5.92 Å². The maximum absolute atomic E-state index is 10.7. The predicted molar refractivity (Wildman–Crippen MR) is 106 cm³/mol. The van der Waals surface area contributed by atoms with Crippen LogP contribution in [0.3, 0.4) is 0 Å². The van der Waals surface area contributed by atoms with Crippen LogP contribution in [0.1, 0.15) is 45.1 Å². The van der Waals surface area contributed by atoms with Gasteiger partial charge in [-0.2, -0.15) is 0 Å². The number of aliphatic imine (C=N–C) groups is 2. The second-order valence-corrected chi connectivity index (χ2v) is 6.27. The van der Waals surface area contributed by atoms with Gasteiger partial charge in [0.15, 0.2) is 0 Å². The number of hydrogen-bond acceptors (Lipinski definition) is 3. The molecule has 1 rings (SSSR count). The Morgan fingerprint density at radius 3 is 2.60 bits per heavy atom. The highest BCUT2D eigenvalue weighted by atomic mass is 35.5. The van der Waals surface area contributed by atoms with Crippen molar-refractivity contribution in [3.63, 3.8) is 0 Å². The van der Waals surface area contributed by atoms with Gasteiger partial charge in [0.25, 0.3) is 0 Å². The Labute approximate surface area is 154 Å². The molecule has 0 spiro atoms. The SMILES string of the molecule is C/C(CCCC(C)C(=O)O)=N\C=C\C/C=C/N=C/c1ccc(Cl)cc1. The summed E-state index contributed by atoms with van der Waals surface area (Å²) in [6.07, 6.45) is 12.3. The topological polar surface area (TPSA) is 62.0 Å². The first-order chi connectivity index (χ1) is 12.0. The number of halogens is 1. The highest BCUT2D eigenvalue weighted by Gasteiger charge is 2.09. The first-order valence-corrected chi connectivity index (χ1v) is 8.71. The molecule has 25 heavy (non-hydrogen) atoms. The zero-order valence-corrected chi connectivity index (χ0v) is 15.5. The normalized spacial score (nSPS) is 14.0. The van der Waals surface area contributed by atoms with Crippen LogP contribution in [0.25, 0.3) is 0 Å². The van der Waals surface area contributed by atoms with E-state index in [4.69, 9.17) is 16.7 Å². The van der Waals surface area contributed by atoms with Crippen molar-refractivity contribution in [1.29, 1.82) is 0 Å². The third-order valence-electron chi connectivity index (χ3n) is 3.55. The molecule has 1 unspecified atom stereocenters. The molecule has 0 fully saturated rings. The minimum atomic E-state index is -0.736. The van der Waals surface area contributed by atoms with Crippen molar-refractivity contribution >= 4 is 29.5 Å². The molecule has 134 valence electrons. The van der Waals surface area contributed by atoms with Gasteiger partial charge in [-0.25, -0.2) is 0 Å². The van der Waals surface area contributed by atoms with Crippen molar-refractivity contribution in [3.05, 3.63) is 59.4 Å². The number of benzene rings is 1. The van der Waals surface area contributed by atoms with E-state index in [0.717, 1.165) is 30.5 Å². The van der Waals surface area contributed by atoms with Gasteiger partial charge in [-0.05, 0) is 50.3 Å². The van der Waals surface area contributed by atoms with Crippen LogP contribution in [0.2, 0.25) is 5.02 Å². The van der Waals surface area contributed by atoms with E-state index in [1.54, 1.807) is 25.5 Å². The lowest BCUT2D eigenvalue weighted by Gasteiger charge is -2.04. The van der Waals surface area contributed by atoms with Crippen LogP contribution in [0.4, 0.5) is 0 Å². The summed E-state index contributed by atoms with van der Waals surface area (Å²) in [4.78, 5) is 19.3. The van der Waals surface area contributed by atoms with E-state index in [1.165, 1.54) is 0 Å². The van der Waals surface area contributed by atoms with Gasteiger partial charge in [-0.15, -0.1) is 0 Å². The summed E-state index contributed by atoms with van der Waals surface area (Å²) in [6.45, 7) is 3.69. The van der Waals surface area contributed by atoms with E-state index in [-0.39, 0.29) is 5.92 Å². The number of carbonyl (C=O) groups is 1. The molecule has 0 heterocycles. The predicted octanol–water partition coefficient (Wildman–Crippen LogP) is 5.53. The average molecular weight is 361 g/mol. The van der Waals surface area contributed by atoms with Gasteiger partial charge in [0.1, 0.15) is 0 Å². The minimum Gasteiger partial charge on any atom is -0.481 e. The molecule has 1 aromatic carbocycles. The van der Waals surface area contributed by atoms with Crippen molar-refractivity contribution < 1.29 is 9.90 Å². The zero-order chi connectivity index (χ0) is 18.5. The fourth-order valence-corrected chi connectivity index (χ4v) is 2.10. The number of carboxylic acids is 1. The maximum atomic E-state index is 10.7.